The summed E-state index contributed by atoms with van der Waals surface area (Å²) in [5.74, 6) is 1.34. The zero-order chi connectivity index (χ0) is 22.2. The van der Waals surface area contributed by atoms with Crippen LogP contribution in [0.15, 0.2) is 113 Å². The Kier molecular flexibility index (Phi) is 4.92. The fraction of sp³-hybridized carbons (Fsp3) is 0.0741. The van der Waals surface area contributed by atoms with E-state index in [2.05, 4.69) is 99.8 Å². The summed E-state index contributed by atoms with van der Waals surface area (Å²) < 4.78 is 6.06. The van der Waals surface area contributed by atoms with Gasteiger partial charge in [0.2, 0.25) is 5.88 Å². The largest absolute Gasteiger partial charge is 0.439 e. The fourth-order valence-electron chi connectivity index (χ4n) is 4.11. The predicted molar refractivity (Wildman–Crippen MR) is 134 cm³/mol. The lowest BCUT2D eigenvalue weighted by Crippen LogP contribution is -2.22. The number of ether oxygens (including phenoxy) is 1. The van der Waals surface area contributed by atoms with Gasteiger partial charge in [0.25, 0.3) is 0 Å². The minimum absolute atomic E-state index is 0.583. The molecule has 0 saturated carbocycles. The summed E-state index contributed by atoms with van der Waals surface area (Å²) in [6.07, 6.45) is 5.95. The highest BCUT2D eigenvalue weighted by molar-refractivity contribution is 7.99. The monoisotopic (exact) mass is 450 g/mol. The Morgan fingerprint density at radius 2 is 1.64 bits per heavy atom. The Bertz CT molecular complexity index is 1340. The van der Waals surface area contributed by atoms with Crippen LogP contribution in [-0.2, 0) is 0 Å². The van der Waals surface area contributed by atoms with Crippen LogP contribution < -0.4 is 14.5 Å². The van der Waals surface area contributed by atoms with E-state index in [0.717, 1.165) is 35.2 Å². The molecule has 2 aliphatic heterocycles. The van der Waals surface area contributed by atoms with Gasteiger partial charge in [-0.1, -0.05) is 36.0 Å². The molecule has 0 fully saturated rings. The molecule has 0 atom stereocenters. The van der Waals surface area contributed by atoms with Crippen molar-refractivity contribution in [2.45, 2.75) is 9.79 Å². The van der Waals surface area contributed by atoms with E-state index in [1.807, 2.05) is 24.3 Å². The van der Waals surface area contributed by atoms with Gasteiger partial charge in [-0.2, -0.15) is 0 Å². The standard InChI is InChI=1S/C27H22N4OS/c1-29-15-16-30(19-29)20-7-6-8-21(17-20)31-23-9-2-3-10-25(23)33-26-13-12-22(18-24(26)31)32-27-11-4-5-14-28-27/h2-18H,19H2,1H3. The molecule has 0 aliphatic carbocycles. The molecule has 1 aromatic heterocycles. The second kappa shape index (κ2) is 8.22. The summed E-state index contributed by atoms with van der Waals surface area (Å²) in [4.78, 5) is 13.5. The van der Waals surface area contributed by atoms with Crippen LogP contribution in [0.5, 0.6) is 11.6 Å². The Morgan fingerprint density at radius 1 is 0.788 bits per heavy atom. The van der Waals surface area contributed by atoms with E-state index in [1.165, 1.54) is 9.79 Å². The number of fused-ring (bicyclic) bond motifs is 2. The highest BCUT2D eigenvalue weighted by atomic mass is 32.2. The molecule has 2 aliphatic rings. The number of para-hydroxylation sites is 1. The summed E-state index contributed by atoms with van der Waals surface area (Å²) in [6, 6.07) is 29.1. The average Bonchev–Trinajstić information content (AvgIpc) is 3.30. The van der Waals surface area contributed by atoms with Crippen molar-refractivity contribution in [3.8, 4) is 11.6 Å². The third-order valence-electron chi connectivity index (χ3n) is 5.65. The molecule has 3 aromatic carbocycles. The SMILES string of the molecule is CN1C=CN(c2cccc(N3c4ccccc4Sc4ccc(Oc5ccccn5)cc43)c2)C1. The van der Waals surface area contributed by atoms with Crippen molar-refractivity contribution >= 4 is 34.5 Å². The van der Waals surface area contributed by atoms with E-state index in [-0.39, 0.29) is 0 Å². The quantitative estimate of drug-likeness (QED) is 0.293. The maximum Gasteiger partial charge on any atom is 0.219 e. The van der Waals surface area contributed by atoms with Gasteiger partial charge in [-0.15, -0.1) is 0 Å². The van der Waals surface area contributed by atoms with Crippen molar-refractivity contribution in [1.29, 1.82) is 0 Å². The van der Waals surface area contributed by atoms with Crippen molar-refractivity contribution in [2.24, 2.45) is 0 Å². The molecule has 0 spiro atoms. The molecule has 162 valence electrons. The molecular formula is C27H22N4OS. The zero-order valence-corrected chi connectivity index (χ0v) is 18.9. The Balaban J connectivity index is 1.44. The summed E-state index contributed by atoms with van der Waals surface area (Å²) in [6.45, 7) is 0.842. The minimum Gasteiger partial charge on any atom is -0.439 e. The van der Waals surface area contributed by atoms with Crippen LogP contribution in [0.3, 0.4) is 0 Å². The Hall–Kier alpha value is -3.90. The second-order valence-corrected chi connectivity index (χ2v) is 9.07. The molecule has 4 aromatic rings. The summed E-state index contributed by atoms with van der Waals surface area (Å²) in [5, 5.41) is 0. The third kappa shape index (κ3) is 3.79. The molecule has 0 amide bonds. The molecule has 3 heterocycles. The molecule has 0 bridgehead atoms. The lowest BCUT2D eigenvalue weighted by molar-refractivity contribution is 0.463. The van der Waals surface area contributed by atoms with E-state index < -0.39 is 0 Å². The van der Waals surface area contributed by atoms with Crippen LogP contribution in [0, 0.1) is 0 Å². The topological polar surface area (TPSA) is 31.8 Å². The zero-order valence-electron chi connectivity index (χ0n) is 18.1. The lowest BCUT2D eigenvalue weighted by Gasteiger charge is -2.33. The van der Waals surface area contributed by atoms with Gasteiger partial charge in [0.1, 0.15) is 5.75 Å². The number of nitrogens with zero attached hydrogens (tertiary/aromatic N) is 4. The maximum absolute atomic E-state index is 6.06. The first-order valence-corrected chi connectivity index (χ1v) is 11.6. The van der Waals surface area contributed by atoms with Gasteiger partial charge in [0.15, 0.2) is 0 Å². The lowest BCUT2D eigenvalue weighted by atomic mass is 10.1. The second-order valence-electron chi connectivity index (χ2n) is 7.99. The van der Waals surface area contributed by atoms with Gasteiger partial charge in [0.05, 0.1) is 18.0 Å². The highest BCUT2D eigenvalue weighted by Crippen LogP contribution is 2.52. The number of rotatable bonds is 4. The number of hydrogen-bond donors (Lipinski definition) is 0. The van der Waals surface area contributed by atoms with Gasteiger partial charge >= 0.3 is 0 Å². The molecule has 0 unspecified atom stereocenters. The van der Waals surface area contributed by atoms with Crippen molar-refractivity contribution < 1.29 is 4.74 Å². The molecule has 5 nitrogen and oxygen atoms in total. The number of pyridine rings is 1. The van der Waals surface area contributed by atoms with E-state index in [0.29, 0.717) is 5.88 Å². The van der Waals surface area contributed by atoms with Crippen LogP contribution in [0.25, 0.3) is 0 Å². The summed E-state index contributed by atoms with van der Waals surface area (Å²) >= 11 is 1.78. The van der Waals surface area contributed by atoms with Gasteiger partial charge in [-0.25, -0.2) is 4.98 Å². The number of anilines is 4. The average molecular weight is 451 g/mol. The van der Waals surface area contributed by atoms with Gasteiger partial charge < -0.3 is 19.4 Å². The van der Waals surface area contributed by atoms with E-state index >= 15 is 0 Å². The van der Waals surface area contributed by atoms with E-state index in [9.17, 15) is 0 Å². The van der Waals surface area contributed by atoms with E-state index in [1.54, 1.807) is 18.0 Å². The molecule has 6 heteroatoms. The summed E-state index contributed by atoms with van der Waals surface area (Å²) in [7, 11) is 2.08. The number of benzene rings is 3. The highest BCUT2D eigenvalue weighted by Gasteiger charge is 2.26. The molecule has 6 rings (SSSR count). The minimum atomic E-state index is 0.583. The van der Waals surface area contributed by atoms with Crippen LogP contribution >= 0.6 is 11.8 Å². The molecule has 33 heavy (non-hydrogen) atoms. The van der Waals surface area contributed by atoms with Crippen LogP contribution in [-0.4, -0.2) is 23.6 Å². The number of aromatic nitrogens is 1. The first-order chi connectivity index (χ1) is 16.2. The number of hydrogen-bond acceptors (Lipinski definition) is 6. The summed E-state index contributed by atoms with van der Waals surface area (Å²) in [5.41, 5.74) is 4.53. The Labute approximate surface area is 197 Å². The van der Waals surface area contributed by atoms with Crippen molar-refractivity contribution in [3.63, 3.8) is 0 Å². The van der Waals surface area contributed by atoms with Gasteiger partial charge in [-0.05, 0) is 48.5 Å². The predicted octanol–water partition coefficient (Wildman–Crippen LogP) is 6.99. The smallest absolute Gasteiger partial charge is 0.219 e. The normalized spacial score (nSPS) is 14.3. The molecule has 0 N–H and O–H groups in total. The molecule has 0 saturated heterocycles. The van der Waals surface area contributed by atoms with Crippen molar-refractivity contribution in [3.05, 3.63) is 104 Å². The van der Waals surface area contributed by atoms with Crippen molar-refractivity contribution in [2.75, 3.05) is 23.5 Å². The maximum atomic E-state index is 6.06. The van der Waals surface area contributed by atoms with Gasteiger partial charge in [0, 0.05) is 58.9 Å². The van der Waals surface area contributed by atoms with Crippen LogP contribution in [0.1, 0.15) is 0 Å². The van der Waals surface area contributed by atoms with E-state index in [4.69, 9.17) is 4.74 Å². The van der Waals surface area contributed by atoms with Crippen LogP contribution in [0.4, 0.5) is 22.7 Å². The first kappa shape index (κ1) is 19.8. The van der Waals surface area contributed by atoms with Crippen molar-refractivity contribution in [1.82, 2.24) is 9.88 Å². The molecule has 0 radical (unpaired) electrons. The molecular weight excluding hydrogens is 428 g/mol. The van der Waals surface area contributed by atoms with Crippen LogP contribution in [0.2, 0.25) is 0 Å². The van der Waals surface area contributed by atoms with Gasteiger partial charge in [-0.3, -0.25) is 0 Å². The Morgan fingerprint density at radius 3 is 2.48 bits per heavy atom. The third-order valence-corrected chi connectivity index (χ3v) is 6.78. The first-order valence-electron chi connectivity index (χ1n) is 10.8. The fourth-order valence-corrected chi connectivity index (χ4v) is 5.15.